The maximum atomic E-state index is 12.6. The monoisotopic (exact) mass is 372 g/mol. The molecule has 0 unspecified atom stereocenters. The van der Waals surface area contributed by atoms with Crippen molar-refractivity contribution in [2.45, 2.75) is 32.8 Å². The van der Waals surface area contributed by atoms with Gasteiger partial charge in [-0.05, 0) is 32.9 Å². The van der Waals surface area contributed by atoms with Gasteiger partial charge in [-0.15, -0.1) is 0 Å². The molecule has 1 aliphatic carbocycles. The highest BCUT2D eigenvalue weighted by Crippen LogP contribution is 2.41. The normalized spacial score (nSPS) is 27.3. The van der Waals surface area contributed by atoms with E-state index in [2.05, 4.69) is 11.8 Å². The van der Waals surface area contributed by atoms with Crippen LogP contribution in [0.15, 0.2) is 30.3 Å². The molecule has 4 atom stereocenters. The zero-order valence-corrected chi connectivity index (χ0v) is 15.7. The standard InChI is InChI=1S/C21H24O6/c1-4-26-19(23)17-15(12-11-14-9-7-6-8-10-14)18(20(24)27-5-2)21(3,25)13-16(17)22/h6-10,15,17-18,25H,4-5,13H2,1-3H3/t15-,17+,18+,21-/m0/s1. The molecule has 144 valence electrons. The van der Waals surface area contributed by atoms with Gasteiger partial charge in [-0.3, -0.25) is 14.4 Å². The Balaban J connectivity index is 2.52. The number of ketones is 1. The van der Waals surface area contributed by atoms with Gasteiger partial charge in [-0.2, -0.15) is 0 Å². The van der Waals surface area contributed by atoms with Crippen molar-refractivity contribution < 1.29 is 29.0 Å². The van der Waals surface area contributed by atoms with Crippen LogP contribution >= 0.6 is 0 Å². The second-order valence-electron chi connectivity index (χ2n) is 6.62. The van der Waals surface area contributed by atoms with Gasteiger partial charge in [0.25, 0.3) is 0 Å². The highest BCUT2D eigenvalue weighted by Gasteiger charge is 2.56. The Morgan fingerprint density at radius 3 is 2.33 bits per heavy atom. The van der Waals surface area contributed by atoms with E-state index in [9.17, 15) is 19.5 Å². The highest BCUT2D eigenvalue weighted by atomic mass is 16.5. The molecule has 2 rings (SSSR count). The minimum absolute atomic E-state index is 0.0991. The fraction of sp³-hybridized carbons (Fsp3) is 0.476. The maximum Gasteiger partial charge on any atom is 0.317 e. The van der Waals surface area contributed by atoms with Gasteiger partial charge in [0.2, 0.25) is 0 Å². The van der Waals surface area contributed by atoms with Gasteiger partial charge in [-0.25, -0.2) is 0 Å². The van der Waals surface area contributed by atoms with Crippen LogP contribution in [0.25, 0.3) is 0 Å². The Labute approximate surface area is 158 Å². The molecule has 1 fully saturated rings. The minimum atomic E-state index is -1.66. The van der Waals surface area contributed by atoms with Crippen LogP contribution in [0.4, 0.5) is 0 Å². The lowest BCUT2D eigenvalue weighted by Gasteiger charge is -2.41. The van der Waals surface area contributed by atoms with Crippen LogP contribution < -0.4 is 0 Å². The van der Waals surface area contributed by atoms with Crippen LogP contribution in [0.5, 0.6) is 0 Å². The molecule has 27 heavy (non-hydrogen) atoms. The topological polar surface area (TPSA) is 89.9 Å². The summed E-state index contributed by atoms with van der Waals surface area (Å²) in [6, 6.07) is 8.99. The number of rotatable bonds is 4. The van der Waals surface area contributed by atoms with Crippen molar-refractivity contribution in [3.8, 4) is 11.8 Å². The Morgan fingerprint density at radius 2 is 1.74 bits per heavy atom. The van der Waals surface area contributed by atoms with E-state index in [1.807, 2.05) is 6.07 Å². The molecule has 1 N–H and O–H groups in total. The second-order valence-corrected chi connectivity index (χ2v) is 6.62. The molecule has 0 aromatic heterocycles. The van der Waals surface area contributed by atoms with Crippen molar-refractivity contribution in [3.63, 3.8) is 0 Å². The van der Waals surface area contributed by atoms with E-state index in [1.54, 1.807) is 38.1 Å². The fourth-order valence-corrected chi connectivity index (χ4v) is 3.35. The van der Waals surface area contributed by atoms with E-state index in [4.69, 9.17) is 9.47 Å². The smallest absolute Gasteiger partial charge is 0.317 e. The van der Waals surface area contributed by atoms with Crippen molar-refractivity contribution in [3.05, 3.63) is 35.9 Å². The van der Waals surface area contributed by atoms with Crippen molar-refractivity contribution in [1.82, 2.24) is 0 Å². The van der Waals surface area contributed by atoms with Gasteiger partial charge in [0.05, 0.1) is 24.7 Å². The Hall–Kier alpha value is -2.65. The van der Waals surface area contributed by atoms with Gasteiger partial charge in [0, 0.05) is 12.0 Å². The molecule has 0 heterocycles. The third-order valence-electron chi connectivity index (χ3n) is 4.51. The summed E-state index contributed by atoms with van der Waals surface area (Å²) in [6.45, 7) is 4.89. The molecular weight excluding hydrogens is 348 g/mol. The molecule has 0 amide bonds. The van der Waals surface area contributed by atoms with Crippen LogP contribution in [0.3, 0.4) is 0 Å². The van der Waals surface area contributed by atoms with Crippen LogP contribution in [-0.2, 0) is 23.9 Å². The first-order valence-corrected chi connectivity index (χ1v) is 8.96. The van der Waals surface area contributed by atoms with Crippen LogP contribution in [0, 0.1) is 29.6 Å². The van der Waals surface area contributed by atoms with E-state index < -0.39 is 41.1 Å². The average Bonchev–Trinajstić information content (AvgIpc) is 2.59. The van der Waals surface area contributed by atoms with Gasteiger partial charge < -0.3 is 14.6 Å². The lowest BCUT2D eigenvalue weighted by Crippen LogP contribution is -2.56. The first kappa shape index (κ1) is 20.7. The molecule has 1 aliphatic rings. The number of ether oxygens (including phenoxy) is 2. The summed E-state index contributed by atoms with van der Waals surface area (Å²) in [5.74, 6) is 0.434. The first-order chi connectivity index (χ1) is 12.8. The largest absolute Gasteiger partial charge is 0.466 e. The van der Waals surface area contributed by atoms with Gasteiger partial charge in [-0.1, -0.05) is 30.0 Å². The number of hydrogen-bond acceptors (Lipinski definition) is 6. The number of Topliss-reactive ketones (excluding diaryl/α,β-unsaturated/α-hetero) is 1. The van der Waals surface area contributed by atoms with Crippen molar-refractivity contribution in [2.75, 3.05) is 13.2 Å². The summed E-state index contributed by atoms with van der Waals surface area (Å²) < 4.78 is 10.1. The molecule has 0 saturated heterocycles. The Morgan fingerprint density at radius 1 is 1.15 bits per heavy atom. The number of esters is 2. The lowest BCUT2D eigenvalue weighted by atomic mass is 9.64. The number of carbonyl (C=O) groups excluding carboxylic acids is 3. The van der Waals surface area contributed by atoms with Crippen LogP contribution in [0.1, 0.15) is 32.8 Å². The summed E-state index contributed by atoms with van der Waals surface area (Å²) in [4.78, 5) is 37.6. The summed E-state index contributed by atoms with van der Waals surface area (Å²) in [5, 5.41) is 10.8. The molecule has 6 heteroatoms. The lowest BCUT2D eigenvalue weighted by molar-refractivity contribution is -0.174. The number of hydrogen-bond donors (Lipinski definition) is 1. The quantitative estimate of drug-likeness (QED) is 0.492. The third kappa shape index (κ3) is 4.75. The molecule has 1 aromatic carbocycles. The predicted octanol–water partition coefficient (Wildman–Crippen LogP) is 1.74. The zero-order chi connectivity index (χ0) is 20.0. The molecule has 6 nitrogen and oxygen atoms in total. The Bertz CT molecular complexity index is 756. The third-order valence-corrected chi connectivity index (χ3v) is 4.51. The molecular formula is C21H24O6. The molecule has 1 aromatic rings. The van der Waals surface area contributed by atoms with Crippen LogP contribution in [0.2, 0.25) is 0 Å². The molecule has 1 saturated carbocycles. The average molecular weight is 372 g/mol. The highest BCUT2D eigenvalue weighted by molar-refractivity contribution is 6.02. The van der Waals surface area contributed by atoms with E-state index in [-0.39, 0.29) is 19.6 Å². The number of aliphatic hydroxyl groups is 1. The predicted molar refractivity (Wildman–Crippen MR) is 97.3 cm³/mol. The minimum Gasteiger partial charge on any atom is -0.466 e. The van der Waals surface area contributed by atoms with Crippen molar-refractivity contribution in [2.24, 2.45) is 17.8 Å². The van der Waals surface area contributed by atoms with Gasteiger partial charge >= 0.3 is 11.9 Å². The van der Waals surface area contributed by atoms with E-state index in [0.29, 0.717) is 5.56 Å². The van der Waals surface area contributed by atoms with Crippen LogP contribution in [-0.4, -0.2) is 41.6 Å². The number of benzene rings is 1. The second kappa shape index (κ2) is 8.83. The van der Waals surface area contributed by atoms with Crippen molar-refractivity contribution in [1.29, 1.82) is 0 Å². The van der Waals surface area contributed by atoms with E-state index in [1.165, 1.54) is 6.92 Å². The van der Waals surface area contributed by atoms with E-state index in [0.717, 1.165) is 0 Å². The molecule has 0 bridgehead atoms. The maximum absolute atomic E-state index is 12.6. The zero-order valence-electron chi connectivity index (χ0n) is 15.7. The molecule has 0 aliphatic heterocycles. The molecule has 0 spiro atoms. The SMILES string of the molecule is CCOC(=O)[C@H]1C(=O)C[C@](C)(O)[C@@H](C(=O)OCC)[C@H]1C#Cc1ccccc1. The summed E-state index contributed by atoms with van der Waals surface area (Å²) in [6.07, 6.45) is -0.344. The van der Waals surface area contributed by atoms with Crippen molar-refractivity contribution >= 4 is 17.7 Å². The summed E-state index contributed by atoms with van der Waals surface area (Å²) >= 11 is 0. The fourth-order valence-electron chi connectivity index (χ4n) is 3.35. The molecule has 0 radical (unpaired) electrons. The van der Waals surface area contributed by atoms with Gasteiger partial charge in [0.15, 0.2) is 5.78 Å². The summed E-state index contributed by atoms with van der Waals surface area (Å²) in [5.41, 5.74) is -0.997. The Kier molecular flexibility index (Phi) is 6.75. The van der Waals surface area contributed by atoms with E-state index >= 15 is 0 Å². The summed E-state index contributed by atoms with van der Waals surface area (Å²) in [7, 11) is 0. The number of carbonyl (C=O) groups is 3. The van der Waals surface area contributed by atoms with Gasteiger partial charge in [0.1, 0.15) is 11.8 Å². The first-order valence-electron chi connectivity index (χ1n) is 8.96.